The second-order valence-electron chi connectivity index (χ2n) is 5.59. The lowest BCUT2D eigenvalue weighted by Crippen LogP contribution is -2.01. The van der Waals surface area contributed by atoms with Crippen LogP contribution in [0.4, 0.5) is 5.69 Å². The fraction of sp³-hybridized carbons (Fsp3) is 0.0952. The Bertz CT molecular complexity index is 1010. The second-order valence-corrected chi connectivity index (χ2v) is 5.59. The third-order valence-corrected chi connectivity index (χ3v) is 3.91. The lowest BCUT2D eigenvalue weighted by molar-refractivity contribution is 0.326. The second kappa shape index (κ2) is 7.38. The largest absolute Gasteiger partial charge is 0.477 e. The van der Waals surface area contributed by atoms with Gasteiger partial charge in [0.2, 0.25) is 5.88 Å². The summed E-state index contributed by atoms with van der Waals surface area (Å²) in [6.07, 6.45) is 0. The van der Waals surface area contributed by atoms with Crippen molar-refractivity contribution >= 4 is 5.69 Å². The summed E-state index contributed by atoms with van der Waals surface area (Å²) >= 11 is 0. The van der Waals surface area contributed by atoms with Gasteiger partial charge in [-0.05, 0) is 42.8 Å². The first-order chi connectivity index (χ1) is 12.7. The number of anilines is 1. The molecule has 0 unspecified atom stereocenters. The minimum atomic E-state index is 0.295. The Kier molecular flexibility index (Phi) is 4.83. The fourth-order valence-corrected chi connectivity index (χ4v) is 2.62. The highest BCUT2D eigenvalue weighted by molar-refractivity contribution is 5.78. The number of benzene rings is 2. The van der Waals surface area contributed by atoms with Crippen LogP contribution in [0.1, 0.15) is 18.1 Å². The van der Waals surface area contributed by atoms with Crippen LogP contribution < -0.4 is 10.5 Å². The van der Waals surface area contributed by atoms with E-state index in [4.69, 9.17) is 15.7 Å². The zero-order chi connectivity index (χ0) is 18.5. The molecule has 5 heteroatoms. The first-order valence-electron chi connectivity index (χ1n) is 8.10. The first kappa shape index (κ1) is 17.0. The van der Waals surface area contributed by atoms with Gasteiger partial charge in [0.05, 0.1) is 23.9 Å². The van der Waals surface area contributed by atoms with E-state index in [2.05, 4.69) is 17.1 Å². The Morgan fingerprint density at radius 3 is 2.19 bits per heavy atom. The summed E-state index contributed by atoms with van der Waals surface area (Å²) in [6.45, 7) is 2.25. The van der Waals surface area contributed by atoms with Crippen LogP contribution in [0.5, 0.6) is 5.88 Å². The minimum Gasteiger partial charge on any atom is -0.477 e. The number of hydrogen-bond donors (Lipinski definition) is 1. The minimum absolute atomic E-state index is 0.295. The van der Waals surface area contributed by atoms with Crippen molar-refractivity contribution in [3.8, 4) is 40.4 Å². The van der Waals surface area contributed by atoms with Crippen LogP contribution >= 0.6 is 0 Å². The lowest BCUT2D eigenvalue weighted by atomic mass is 9.98. The molecule has 26 heavy (non-hydrogen) atoms. The van der Waals surface area contributed by atoms with Crippen LogP contribution in [0.3, 0.4) is 0 Å². The van der Waals surface area contributed by atoms with Crippen molar-refractivity contribution in [1.82, 2.24) is 4.98 Å². The molecular formula is C21H16N4O. The van der Waals surface area contributed by atoms with Gasteiger partial charge in [0.1, 0.15) is 11.6 Å². The summed E-state index contributed by atoms with van der Waals surface area (Å²) in [7, 11) is 0. The molecule has 0 aliphatic carbocycles. The van der Waals surface area contributed by atoms with Crippen molar-refractivity contribution in [2.45, 2.75) is 6.92 Å². The Morgan fingerprint density at radius 2 is 1.62 bits per heavy atom. The number of aromatic nitrogens is 1. The number of pyridine rings is 1. The van der Waals surface area contributed by atoms with E-state index < -0.39 is 0 Å². The molecular weight excluding hydrogens is 324 g/mol. The Morgan fingerprint density at radius 1 is 0.962 bits per heavy atom. The number of nitrogens with two attached hydrogens (primary N) is 1. The summed E-state index contributed by atoms with van der Waals surface area (Å²) in [6, 6.07) is 20.6. The molecule has 0 saturated heterocycles. The van der Waals surface area contributed by atoms with Crippen LogP contribution in [0.15, 0.2) is 54.6 Å². The summed E-state index contributed by atoms with van der Waals surface area (Å²) in [5.41, 5.74) is 10.5. The Labute approximate surface area is 151 Å². The number of nitriles is 2. The molecule has 3 rings (SSSR count). The van der Waals surface area contributed by atoms with E-state index >= 15 is 0 Å². The summed E-state index contributed by atoms with van der Waals surface area (Å²) in [5, 5.41) is 18.6. The van der Waals surface area contributed by atoms with Crippen LogP contribution in [0.25, 0.3) is 22.4 Å². The number of hydrogen-bond acceptors (Lipinski definition) is 5. The highest BCUT2D eigenvalue weighted by Crippen LogP contribution is 2.33. The molecule has 1 heterocycles. The molecule has 0 aliphatic rings. The van der Waals surface area contributed by atoms with E-state index in [-0.39, 0.29) is 0 Å². The molecule has 0 atom stereocenters. The molecule has 0 saturated carbocycles. The molecule has 0 fully saturated rings. The Balaban J connectivity index is 2.21. The molecule has 3 aromatic rings. The number of nitrogen functional groups attached to an aromatic ring is 1. The number of nitrogens with zero attached hydrogens (tertiary/aromatic N) is 3. The third kappa shape index (κ3) is 3.33. The summed E-state index contributed by atoms with van der Waals surface area (Å²) < 4.78 is 5.61. The molecule has 2 aromatic carbocycles. The van der Waals surface area contributed by atoms with Crippen LogP contribution in [-0.4, -0.2) is 11.6 Å². The van der Waals surface area contributed by atoms with Crippen molar-refractivity contribution in [3.63, 3.8) is 0 Å². The van der Waals surface area contributed by atoms with Gasteiger partial charge in [-0.1, -0.05) is 24.3 Å². The maximum absolute atomic E-state index is 9.65. The number of rotatable bonds is 4. The quantitative estimate of drug-likeness (QED) is 0.720. The van der Waals surface area contributed by atoms with Crippen molar-refractivity contribution in [1.29, 1.82) is 10.5 Å². The van der Waals surface area contributed by atoms with Gasteiger partial charge < -0.3 is 10.5 Å². The molecule has 0 bridgehead atoms. The van der Waals surface area contributed by atoms with Gasteiger partial charge in [0.25, 0.3) is 0 Å². The smallest absolute Gasteiger partial charge is 0.232 e. The predicted octanol–water partition coefficient (Wildman–Crippen LogP) is 4.14. The predicted molar refractivity (Wildman–Crippen MR) is 100 cm³/mol. The first-order valence-corrected chi connectivity index (χ1v) is 8.10. The monoisotopic (exact) mass is 340 g/mol. The SMILES string of the molecule is CCOc1nc(-c2ccc(N)cc2)cc(-c2ccc(C#N)cc2)c1C#N. The van der Waals surface area contributed by atoms with Crippen molar-refractivity contribution < 1.29 is 4.74 Å². The van der Waals surface area contributed by atoms with Gasteiger partial charge in [-0.15, -0.1) is 0 Å². The van der Waals surface area contributed by atoms with Gasteiger partial charge in [-0.2, -0.15) is 10.5 Å². The van der Waals surface area contributed by atoms with Gasteiger partial charge in [-0.3, -0.25) is 0 Å². The highest BCUT2D eigenvalue weighted by atomic mass is 16.5. The van der Waals surface area contributed by atoms with Crippen molar-refractivity contribution in [2.75, 3.05) is 12.3 Å². The Hall–Kier alpha value is -3.83. The van der Waals surface area contributed by atoms with Crippen molar-refractivity contribution in [2.24, 2.45) is 0 Å². The maximum atomic E-state index is 9.65. The highest BCUT2D eigenvalue weighted by Gasteiger charge is 2.16. The maximum Gasteiger partial charge on any atom is 0.232 e. The van der Waals surface area contributed by atoms with Crippen LogP contribution in [0, 0.1) is 22.7 Å². The van der Waals surface area contributed by atoms with E-state index in [1.54, 1.807) is 24.3 Å². The van der Waals surface area contributed by atoms with E-state index in [1.807, 2.05) is 37.3 Å². The zero-order valence-corrected chi connectivity index (χ0v) is 14.2. The molecule has 0 aliphatic heterocycles. The van der Waals surface area contributed by atoms with E-state index in [1.165, 1.54) is 0 Å². The molecule has 126 valence electrons. The fourth-order valence-electron chi connectivity index (χ4n) is 2.62. The molecule has 0 radical (unpaired) electrons. The van der Waals surface area contributed by atoms with Gasteiger partial charge >= 0.3 is 0 Å². The van der Waals surface area contributed by atoms with E-state index in [9.17, 15) is 5.26 Å². The molecule has 2 N–H and O–H groups in total. The third-order valence-electron chi connectivity index (χ3n) is 3.91. The standard InChI is InChI=1S/C21H16N4O/c1-2-26-21-19(13-23)18(15-5-3-14(12-22)4-6-15)11-20(25-21)16-7-9-17(24)10-8-16/h3-11H,2,24H2,1H3. The van der Waals surface area contributed by atoms with Crippen molar-refractivity contribution in [3.05, 3.63) is 65.7 Å². The van der Waals surface area contributed by atoms with Gasteiger partial charge in [0.15, 0.2) is 0 Å². The van der Waals surface area contributed by atoms with Crippen LogP contribution in [-0.2, 0) is 0 Å². The summed E-state index contributed by atoms with van der Waals surface area (Å²) in [5.74, 6) is 0.295. The van der Waals surface area contributed by atoms with Gasteiger partial charge in [0, 0.05) is 16.8 Å². The molecule has 1 aromatic heterocycles. The normalized spacial score (nSPS) is 9.96. The summed E-state index contributed by atoms with van der Waals surface area (Å²) in [4.78, 5) is 4.52. The van der Waals surface area contributed by atoms with E-state index in [0.717, 1.165) is 11.1 Å². The van der Waals surface area contributed by atoms with E-state index in [0.29, 0.717) is 40.6 Å². The average molecular weight is 340 g/mol. The average Bonchev–Trinajstić information content (AvgIpc) is 2.68. The van der Waals surface area contributed by atoms with Crippen LogP contribution in [0.2, 0.25) is 0 Å². The molecule has 0 amide bonds. The topological polar surface area (TPSA) is 95.7 Å². The van der Waals surface area contributed by atoms with Gasteiger partial charge in [-0.25, -0.2) is 4.98 Å². The molecule has 0 spiro atoms. The number of ether oxygens (including phenoxy) is 1. The molecule has 5 nitrogen and oxygen atoms in total. The zero-order valence-electron chi connectivity index (χ0n) is 14.2. The lowest BCUT2D eigenvalue weighted by Gasteiger charge is -2.13.